The molecule has 1 aromatic rings. The van der Waals surface area contributed by atoms with Gasteiger partial charge in [-0.25, -0.2) is 0 Å². The van der Waals surface area contributed by atoms with Crippen molar-refractivity contribution in [3.8, 4) is 0 Å². The molecule has 0 radical (unpaired) electrons. The molecular weight excluding hydrogens is 244 g/mol. The Balaban J connectivity index is 2.11. The van der Waals surface area contributed by atoms with Crippen molar-refractivity contribution in [2.24, 2.45) is 0 Å². The predicted octanol–water partition coefficient (Wildman–Crippen LogP) is 2.05. The number of aliphatic hydroxyl groups excluding tert-OH is 1. The molecule has 1 aromatic carbocycles. The van der Waals surface area contributed by atoms with Gasteiger partial charge in [-0.3, -0.25) is 0 Å². The van der Waals surface area contributed by atoms with E-state index in [-0.39, 0.29) is 6.29 Å². The lowest BCUT2D eigenvalue weighted by molar-refractivity contribution is -0.185. The van der Waals surface area contributed by atoms with Crippen LogP contribution in [-0.4, -0.2) is 37.8 Å². The Morgan fingerprint density at radius 1 is 1.26 bits per heavy atom. The maximum atomic E-state index is 10.4. The number of rotatable bonds is 5. The van der Waals surface area contributed by atoms with Crippen molar-refractivity contribution in [1.29, 1.82) is 0 Å². The smallest absolute Gasteiger partial charge is 0.161 e. The highest BCUT2D eigenvalue weighted by Gasteiger charge is 2.31. The van der Waals surface area contributed by atoms with Crippen LogP contribution in [0.25, 0.3) is 0 Å². The molecule has 0 spiro atoms. The molecule has 4 atom stereocenters. The molecule has 0 amide bonds. The van der Waals surface area contributed by atoms with Gasteiger partial charge in [0, 0.05) is 20.6 Å². The molecule has 0 fully saturated rings. The van der Waals surface area contributed by atoms with Crippen molar-refractivity contribution in [3.05, 3.63) is 48.0 Å². The molecule has 0 saturated heterocycles. The minimum Gasteiger partial charge on any atom is -0.387 e. The average molecular weight is 264 g/mol. The molecular formula is C15H20O4. The number of methoxy groups -OCH3 is 2. The van der Waals surface area contributed by atoms with Gasteiger partial charge < -0.3 is 19.3 Å². The fourth-order valence-corrected chi connectivity index (χ4v) is 2.23. The normalized spacial score (nSPS) is 26.1. The maximum absolute atomic E-state index is 10.4. The highest BCUT2D eigenvalue weighted by atomic mass is 16.7. The second-order valence-corrected chi connectivity index (χ2v) is 4.49. The molecule has 4 heteroatoms. The van der Waals surface area contributed by atoms with E-state index < -0.39 is 18.3 Å². The summed E-state index contributed by atoms with van der Waals surface area (Å²) in [5.41, 5.74) is 0.925. The standard InChI is InChI=1S/C15H20O4/c1-17-13-10-6-9-12(19-13)14(16)15(18-2)11-7-4-3-5-8-11/h3-9,12-16H,10H2,1-2H3/t12-,13+,14+,15-/m1/s1. The van der Waals surface area contributed by atoms with Gasteiger partial charge in [-0.1, -0.05) is 42.5 Å². The molecule has 0 bridgehead atoms. The van der Waals surface area contributed by atoms with Crippen LogP contribution in [0.2, 0.25) is 0 Å². The van der Waals surface area contributed by atoms with Gasteiger partial charge in [0.2, 0.25) is 0 Å². The van der Waals surface area contributed by atoms with E-state index in [9.17, 15) is 5.11 Å². The summed E-state index contributed by atoms with van der Waals surface area (Å²) in [4.78, 5) is 0. The van der Waals surface area contributed by atoms with E-state index in [0.29, 0.717) is 6.42 Å². The van der Waals surface area contributed by atoms with Crippen LogP contribution in [0, 0.1) is 0 Å². The quantitative estimate of drug-likeness (QED) is 0.827. The Labute approximate surface area is 113 Å². The Morgan fingerprint density at radius 2 is 2.00 bits per heavy atom. The zero-order chi connectivity index (χ0) is 13.7. The van der Waals surface area contributed by atoms with Gasteiger partial charge in [-0.15, -0.1) is 0 Å². The molecule has 1 heterocycles. The van der Waals surface area contributed by atoms with Crippen LogP contribution < -0.4 is 0 Å². The van der Waals surface area contributed by atoms with Crippen LogP contribution in [0.15, 0.2) is 42.5 Å². The van der Waals surface area contributed by atoms with Crippen molar-refractivity contribution >= 4 is 0 Å². The lowest BCUT2D eigenvalue weighted by Gasteiger charge is -2.32. The molecule has 0 aromatic heterocycles. The first-order valence-corrected chi connectivity index (χ1v) is 6.37. The van der Waals surface area contributed by atoms with Gasteiger partial charge in [0.1, 0.15) is 18.3 Å². The van der Waals surface area contributed by atoms with Gasteiger partial charge >= 0.3 is 0 Å². The summed E-state index contributed by atoms with van der Waals surface area (Å²) in [5, 5.41) is 10.4. The van der Waals surface area contributed by atoms with Gasteiger partial charge in [0.15, 0.2) is 6.29 Å². The summed E-state index contributed by atoms with van der Waals surface area (Å²) in [6, 6.07) is 9.63. The van der Waals surface area contributed by atoms with Crippen molar-refractivity contribution < 1.29 is 19.3 Å². The number of hydrogen-bond acceptors (Lipinski definition) is 4. The summed E-state index contributed by atoms with van der Waals surface area (Å²) in [6.45, 7) is 0. The minimum absolute atomic E-state index is 0.307. The lowest BCUT2D eigenvalue weighted by atomic mass is 9.99. The second-order valence-electron chi connectivity index (χ2n) is 4.49. The van der Waals surface area contributed by atoms with E-state index in [1.165, 1.54) is 0 Å². The summed E-state index contributed by atoms with van der Waals surface area (Å²) in [5.74, 6) is 0. The Hall–Kier alpha value is -1.20. The fourth-order valence-electron chi connectivity index (χ4n) is 2.23. The topological polar surface area (TPSA) is 47.9 Å². The van der Waals surface area contributed by atoms with Gasteiger partial charge in [-0.2, -0.15) is 0 Å². The second kappa shape index (κ2) is 6.82. The summed E-state index contributed by atoms with van der Waals surface area (Å²) >= 11 is 0. The molecule has 0 saturated carbocycles. The molecule has 1 aliphatic rings. The predicted molar refractivity (Wildman–Crippen MR) is 71.6 cm³/mol. The molecule has 1 aliphatic heterocycles. The molecule has 1 N–H and O–H groups in total. The molecule has 2 rings (SSSR count). The summed E-state index contributed by atoms with van der Waals surface area (Å²) < 4.78 is 16.2. The van der Waals surface area contributed by atoms with Crippen LogP contribution in [0.4, 0.5) is 0 Å². The summed E-state index contributed by atoms with van der Waals surface area (Å²) in [7, 11) is 3.18. The average Bonchev–Trinajstić information content (AvgIpc) is 2.49. The third-order valence-corrected chi connectivity index (χ3v) is 3.25. The third kappa shape index (κ3) is 3.42. The Morgan fingerprint density at radius 3 is 2.63 bits per heavy atom. The molecule has 0 aliphatic carbocycles. The minimum atomic E-state index is -0.776. The van der Waals surface area contributed by atoms with Crippen molar-refractivity contribution in [1.82, 2.24) is 0 Å². The molecule has 4 nitrogen and oxygen atoms in total. The number of benzene rings is 1. The first kappa shape index (κ1) is 14.2. The lowest BCUT2D eigenvalue weighted by Crippen LogP contribution is -2.38. The van der Waals surface area contributed by atoms with Crippen molar-refractivity contribution in [2.75, 3.05) is 14.2 Å². The van der Waals surface area contributed by atoms with E-state index in [4.69, 9.17) is 14.2 Å². The van der Waals surface area contributed by atoms with Gasteiger partial charge in [0.05, 0.1) is 0 Å². The molecule has 19 heavy (non-hydrogen) atoms. The van der Waals surface area contributed by atoms with Crippen molar-refractivity contribution in [3.63, 3.8) is 0 Å². The van der Waals surface area contributed by atoms with Crippen LogP contribution in [0.3, 0.4) is 0 Å². The third-order valence-electron chi connectivity index (χ3n) is 3.25. The highest BCUT2D eigenvalue weighted by Crippen LogP contribution is 2.27. The Bertz CT molecular complexity index is 404. The molecule has 104 valence electrons. The first-order chi connectivity index (χ1) is 9.26. The van der Waals surface area contributed by atoms with Crippen LogP contribution in [-0.2, 0) is 14.2 Å². The molecule has 0 unspecified atom stereocenters. The van der Waals surface area contributed by atoms with Crippen LogP contribution in [0.1, 0.15) is 18.1 Å². The zero-order valence-corrected chi connectivity index (χ0v) is 11.2. The zero-order valence-electron chi connectivity index (χ0n) is 11.2. The fraction of sp³-hybridized carbons (Fsp3) is 0.467. The monoisotopic (exact) mass is 264 g/mol. The number of ether oxygens (including phenoxy) is 3. The van der Waals surface area contributed by atoms with Crippen molar-refractivity contribution in [2.45, 2.75) is 31.0 Å². The van der Waals surface area contributed by atoms with Crippen LogP contribution >= 0.6 is 0 Å². The maximum Gasteiger partial charge on any atom is 0.161 e. The van der Waals surface area contributed by atoms with E-state index in [2.05, 4.69) is 0 Å². The largest absolute Gasteiger partial charge is 0.387 e. The first-order valence-electron chi connectivity index (χ1n) is 6.37. The highest BCUT2D eigenvalue weighted by molar-refractivity contribution is 5.20. The summed E-state index contributed by atoms with van der Waals surface area (Å²) in [6.07, 6.45) is 2.58. The van der Waals surface area contributed by atoms with Crippen LogP contribution in [0.5, 0.6) is 0 Å². The van der Waals surface area contributed by atoms with E-state index >= 15 is 0 Å². The van der Waals surface area contributed by atoms with E-state index in [0.717, 1.165) is 5.56 Å². The van der Waals surface area contributed by atoms with E-state index in [1.807, 2.05) is 42.5 Å². The van der Waals surface area contributed by atoms with Gasteiger partial charge in [0.25, 0.3) is 0 Å². The number of hydrogen-bond donors (Lipinski definition) is 1. The van der Waals surface area contributed by atoms with Gasteiger partial charge in [-0.05, 0) is 5.56 Å². The van der Waals surface area contributed by atoms with E-state index in [1.54, 1.807) is 14.2 Å². The SMILES string of the molecule is CO[C@@H]1CC=C[C@H]([C@H](O)[C@H](OC)c2ccccc2)O1. The Kier molecular flexibility index (Phi) is 5.10. The number of aliphatic hydroxyl groups is 1.